The van der Waals surface area contributed by atoms with Crippen LogP contribution in [0, 0.1) is 6.92 Å². The van der Waals surface area contributed by atoms with Gasteiger partial charge in [-0.15, -0.1) is 11.3 Å². The van der Waals surface area contributed by atoms with Crippen molar-refractivity contribution in [2.24, 2.45) is 0 Å². The lowest BCUT2D eigenvalue weighted by Crippen LogP contribution is -2.31. The summed E-state index contributed by atoms with van der Waals surface area (Å²) in [5.74, 6) is 0. The highest BCUT2D eigenvalue weighted by atomic mass is 32.1. The molecule has 0 bridgehead atoms. The molecule has 2 aromatic rings. The Morgan fingerprint density at radius 2 is 2.05 bits per heavy atom. The number of aryl methyl sites for hydroxylation is 1. The van der Waals surface area contributed by atoms with Crippen LogP contribution in [0.5, 0.6) is 0 Å². The van der Waals surface area contributed by atoms with Gasteiger partial charge in [0.1, 0.15) is 0 Å². The van der Waals surface area contributed by atoms with Gasteiger partial charge in [0.05, 0.1) is 10.7 Å². The maximum absolute atomic E-state index is 4.54. The van der Waals surface area contributed by atoms with E-state index in [9.17, 15) is 0 Å². The quantitative estimate of drug-likeness (QED) is 0.878. The first-order valence-corrected chi connectivity index (χ1v) is 7.39. The Kier molecular flexibility index (Phi) is 5.07. The summed E-state index contributed by atoms with van der Waals surface area (Å²) < 4.78 is 0. The number of aromatic nitrogens is 1. The fourth-order valence-electron chi connectivity index (χ4n) is 2.24. The lowest BCUT2D eigenvalue weighted by molar-refractivity contribution is 0.231. The Hall–Kier alpha value is -1.23. The number of hydrogen-bond donors (Lipinski definition) is 1. The predicted octanol–water partition coefficient (Wildman–Crippen LogP) is 2.84. The van der Waals surface area contributed by atoms with Crippen molar-refractivity contribution in [1.29, 1.82) is 0 Å². The van der Waals surface area contributed by atoms with Crippen LogP contribution in [0.15, 0.2) is 35.7 Å². The zero-order chi connectivity index (χ0) is 13.7. The summed E-state index contributed by atoms with van der Waals surface area (Å²) in [6.07, 6.45) is 0. The van der Waals surface area contributed by atoms with Crippen molar-refractivity contribution >= 4 is 11.3 Å². The van der Waals surface area contributed by atoms with Gasteiger partial charge in [-0.25, -0.2) is 4.98 Å². The van der Waals surface area contributed by atoms with Gasteiger partial charge in [0.2, 0.25) is 0 Å². The summed E-state index contributed by atoms with van der Waals surface area (Å²) >= 11 is 1.71. The third-order valence-corrected chi connectivity index (χ3v) is 4.01. The molecule has 1 aromatic heterocycles. The van der Waals surface area contributed by atoms with Crippen LogP contribution in [-0.4, -0.2) is 30.5 Å². The zero-order valence-corrected chi connectivity index (χ0v) is 12.6. The van der Waals surface area contributed by atoms with Crippen molar-refractivity contribution in [2.45, 2.75) is 19.5 Å². The van der Waals surface area contributed by atoms with Crippen LogP contribution in [0.25, 0.3) is 0 Å². The molecule has 0 aliphatic rings. The standard InChI is InChI=1S/C15H21N3S/c1-12-17-14(11-19-12)10-18(3)15(9-16-2)13-7-5-4-6-8-13/h4-8,11,15-16H,9-10H2,1-3H3. The second-order valence-corrected chi connectivity index (χ2v) is 5.82. The van der Waals surface area contributed by atoms with Crippen molar-refractivity contribution in [3.05, 3.63) is 52.0 Å². The van der Waals surface area contributed by atoms with E-state index in [0.717, 1.165) is 23.8 Å². The number of hydrogen-bond acceptors (Lipinski definition) is 4. The van der Waals surface area contributed by atoms with E-state index in [1.807, 2.05) is 7.05 Å². The molecular formula is C15H21N3S. The summed E-state index contributed by atoms with van der Waals surface area (Å²) in [4.78, 5) is 6.89. The van der Waals surface area contributed by atoms with E-state index in [1.165, 1.54) is 5.56 Å². The Morgan fingerprint density at radius 1 is 1.32 bits per heavy atom. The van der Waals surface area contributed by atoms with Gasteiger partial charge in [-0.05, 0) is 26.6 Å². The molecule has 0 spiro atoms. The number of rotatable bonds is 6. The van der Waals surface area contributed by atoms with Crippen LogP contribution in [0.3, 0.4) is 0 Å². The molecule has 0 saturated heterocycles. The van der Waals surface area contributed by atoms with Crippen molar-refractivity contribution in [2.75, 3.05) is 20.6 Å². The Bertz CT molecular complexity index is 495. The molecule has 1 unspecified atom stereocenters. The second-order valence-electron chi connectivity index (χ2n) is 4.76. The fourth-order valence-corrected chi connectivity index (χ4v) is 2.85. The van der Waals surface area contributed by atoms with E-state index < -0.39 is 0 Å². The Morgan fingerprint density at radius 3 is 2.63 bits per heavy atom. The lowest BCUT2D eigenvalue weighted by atomic mass is 10.1. The monoisotopic (exact) mass is 275 g/mol. The first kappa shape index (κ1) is 14.2. The number of nitrogens with one attached hydrogen (secondary N) is 1. The van der Waals surface area contributed by atoms with Gasteiger partial charge in [0, 0.05) is 24.5 Å². The molecule has 0 aliphatic heterocycles. The van der Waals surface area contributed by atoms with E-state index in [1.54, 1.807) is 11.3 Å². The average Bonchev–Trinajstić information content (AvgIpc) is 2.82. The lowest BCUT2D eigenvalue weighted by Gasteiger charge is -2.27. The van der Waals surface area contributed by atoms with Gasteiger partial charge in [0.25, 0.3) is 0 Å². The highest BCUT2D eigenvalue weighted by Crippen LogP contribution is 2.21. The highest BCUT2D eigenvalue weighted by molar-refractivity contribution is 7.09. The SMILES string of the molecule is CNCC(c1ccccc1)N(C)Cc1csc(C)n1. The summed E-state index contributed by atoms with van der Waals surface area (Å²) in [5.41, 5.74) is 2.49. The maximum atomic E-state index is 4.54. The van der Waals surface area contributed by atoms with Gasteiger partial charge in [-0.1, -0.05) is 30.3 Å². The number of benzene rings is 1. The molecule has 4 heteroatoms. The smallest absolute Gasteiger partial charge is 0.0897 e. The highest BCUT2D eigenvalue weighted by Gasteiger charge is 2.17. The first-order chi connectivity index (χ1) is 9.20. The zero-order valence-electron chi connectivity index (χ0n) is 11.8. The number of nitrogens with zero attached hydrogens (tertiary/aromatic N) is 2. The molecule has 3 nitrogen and oxygen atoms in total. The molecule has 1 N–H and O–H groups in total. The topological polar surface area (TPSA) is 28.2 Å². The average molecular weight is 275 g/mol. The molecule has 1 heterocycles. The molecule has 0 amide bonds. The third kappa shape index (κ3) is 3.86. The second kappa shape index (κ2) is 6.80. The summed E-state index contributed by atoms with van der Waals surface area (Å²) in [5, 5.41) is 6.56. The van der Waals surface area contributed by atoms with Crippen LogP contribution in [0.1, 0.15) is 22.3 Å². The van der Waals surface area contributed by atoms with Crippen molar-refractivity contribution in [3.8, 4) is 0 Å². The molecular weight excluding hydrogens is 254 g/mol. The van der Waals surface area contributed by atoms with E-state index in [4.69, 9.17) is 0 Å². The molecule has 0 saturated carbocycles. The van der Waals surface area contributed by atoms with E-state index in [-0.39, 0.29) is 0 Å². The van der Waals surface area contributed by atoms with Crippen molar-refractivity contribution in [3.63, 3.8) is 0 Å². The largest absolute Gasteiger partial charge is 0.318 e. The first-order valence-electron chi connectivity index (χ1n) is 6.51. The van der Waals surface area contributed by atoms with E-state index in [0.29, 0.717) is 6.04 Å². The van der Waals surface area contributed by atoms with Gasteiger partial charge < -0.3 is 5.32 Å². The maximum Gasteiger partial charge on any atom is 0.0897 e. The Labute approximate surface area is 119 Å². The number of thiazole rings is 1. The molecule has 0 fully saturated rings. The molecule has 2 rings (SSSR count). The summed E-state index contributed by atoms with van der Waals surface area (Å²) in [6.45, 7) is 3.87. The van der Waals surface area contributed by atoms with E-state index in [2.05, 4.69) is 64.9 Å². The summed E-state index contributed by atoms with van der Waals surface area (Å²) in [7, 11) is 4.15. The molecule has 1 atom stereocenters. The minimum absolute atomic E-state index is 0.369. The number of likely N-dealkylation sites (N-methyl/N-ethyl adjacent to an activating group) is 2. The fraction of sp³-hybridized carbons (Fsp3) is 0.400. The summed E-state index contributed by atoms with van der Waals surface area (Å²) in [6, 6.07) is 11.0. The molecule has 1 aromatic carbocycles. The van der Waals surface area contributed by atoms with Crippen LogP contribution in [-0.2, 0) is 6.54 Å². The van der Waals surface area contributed by atoms with E-state index >= 15 is 0 Å². The van der Waals surface area contributed by atoms with Crippen molar-refractivity contribution < 1.29 is 0 Å². The molecule has 0 aliphatic carbocycles. The normalized spacial score (nSPS) is 12.8. The third-order valence-electron chi connectivity index (χ3n) is 3.19. The van der Waals surface area contributed by atoms with Crippen LogP contribution in [0.2, 0.25) is 0 Å². The van der Waals surface area contributed by atoms with Crippen LogP contribution in [0.4, 0.5) is 0 Å². The molecule has 19 heavy (non-hydrogen) atoms. The minimum atomic E-state index is 0.369. The molecule has 102 valence electrons. The molecule has 0 radical (unpaired) electrons. The van der Waals surface area contributed by atoms with Crippen LogP contribution < -0.4 is 5.32 Å². The minimum Gasteiger partial charge on any atom is -0.318 e. The van der Waals surface area contributed by atoms with Gasteiger partial charge in [-0.2, -0.15) is 0 Å². The predicted molar refractivity (Wildman–Crippen MR) is 81.4 cm³/mol. The Balaban J connectivity index is 2.10. The van der Waals surface area contributed by atoms with Gasteiger partial charge in [0.15, 0.2) is 0 Å². The van der Waals surface area contributed by atoms with Gasteiger partial charge in [-0.3, -0.25) is 4.90 Å². The van der Waals surface area contributed by atoms with Crippen LogP contribution >= 0.6 is 11.3 Å². The van der Waals surface area contributed by atoms with Gasteiger partial charge >= 0.3 is 0 Å². The van der Waals surface area contributed by atoms with Crippen molar-refractivity contribution in [1.82, 2.24) is 15.2 Å².